The van der Waals surface area contributed by atoms with Gasteiger partial charge in [0.25, 0.3) is 0 Å². The summed E-state index contributed by atoms with van der Waals surface area (Å²) in [6.07, 6.45) is 2.51. The molecule has 0 bridgehead atoms. The Morgan fingerprint density at radius 1 is 0.826 bits per heavy atom. The molecule has 0 fully saturated rings. The minimum absolute atomic E-state index is 0.0553. The number of rotatable bonds is 3. The molecular formula is C16H14O7. The Labute approximate surface area is 131 Å². The summed E-state index contributed by atoms with van der Waals surface area (Å²) in [5.41, 5.74) is 0.690. The summed E-state index contributed by atoms with van der Waals surface area (Å²) in [5.74, 6) is -2.70. The van der Waals surface area contributed by atoms with Crippen LogP contribution in [0.1, 0.15) is 15.9 Å². The van der Waals surface area contributed by atoms with Crippen LogP contribution in [0.4, 0.5) is 0 Å². The largest absolute Gasteiger partial charge is 0.508 e. The number of carboxylic acids is 2. The third kappa shape index (κ3) is 6.21. The van der Waals surface area contributed by atoms with Gasteiger partial charge in [0.1, 0.15) is 5.75 Å². The second-order valence-electron chi connectivity index (χ2n) is 4.27. The summed E-state index contributed by atoms with van der Waals surface area (Å²) >= 11 is 0. The maximum absolute atomic E-state index is 10.3. The predicted molar refractivity (Wildman–Crippen MR) is 81.5 cm³/mol. The van der Waals surface area contributed by atoms with Gasteiger partial charge in [0.15, 0.2) is 11.5 Å². The van der Waals surface area contributed by atoms with Gasteiger partial charge in [-0.15, -0.1) is 0 Å². The average molecular weight is 318 g/mol. The van der Waals surface area contributed by atoms with Gasteiger partial charge in [-0.1, -0.05) is 12.1 Å². The smallest absolute Gasteiger partial charge is 0.335 e. The molecule has 0 saturated carbocycles. The van der Waals surface area contributed by atoms with E-state index in [1.165, 1.54) is 24.3 Å². The molecule has 0 aliphatic carbocycles. The van der Waals surface area contributed by atoms with E-state index in [4.69, 9.17) is 25.5 Å². The molecule has 2 aromatic rings. The molecular weight excluding hydrogens is 304 g/mol. The summed E-state index contributed by atoms with van der Waals surface area (Å²) < 4.78 is 0. The van der Waals surface area contributed by atoms with Crippen molar-refractivity contribution in [2.45, 2.75) is 0 Å². The number of carbonyl (C=O) groups is 2. The molecule has 0 amide bonds. The van der Waals surface area contributed by atoms with Crippen molar-refractivity contribution in [1.29, 1.82) is 0 Å². The van der Waals surface area contributed by atoms with Crippen molar-refractivity contribution in [3.05, 3.63) is 59.7 Å². The van der Waals surface area contributed by atoms with Crippen LogP contribution in [-0.4, -0.2) is 37.5 Å². The molecule has 2 rings (SSSR count). The third-order valence-electron chi connectivity index (χ3n) is 2.53. The number of aromatic hydroxyl groups is 3. The Hall–Kier alpha value is -3.48. The highest BCUT2D eigenvalue weighted by Crippen LogP contribution is 2.24. The maximum Gasteiger partial charge on any atom is 0.335 e. The first kappa shape index (κ1) is 17.6. The van der Waals surface area contributed by atoms with Gasteiger partial charge >= 0.3 is 11.9 Å². The Bertz CT molecular complexity index is 718. The third-order valence-corrected chi connectivity index (χ3v) is 2.53. The first-order valence-electron chi connectivity index (χ1n) is 6.25. The monoisotopic (exact) mass is 318 g/mol. The molecule has 0 spiro atoms. The van der Waals surface area contributed by atoms with Crippen molar-refractivity contribution in [3.8, 4) is 17.2 Å². The van der Waals surface area contributed by atoms with Gasteiger partial charge in [-0.2, -0.15) is 0 Å². The highest BCUT2D eigenvalue weighted by atomic mass is 16.4. The fraction of sp³-hybridized carbons (Fsp3) is 0. The van der Waals surface area contributed by atoms with E-state index < -0.39 is 17.7 Å². The SMILES string of the molecule is O=C(O)/C=C/c1ccc(O)cc1.O=C(O)c1ccc(O)c(O)c1. The average Bonchev–Trinajstić information content (AvgIpc) is 2.50. The number of hydrogen-bond acceptors (Lipinski definition) is 5. The molecule has 0 aliphatic rings. The number of aromatic carboxylic acids is 1. The molecule has 120 valence electrons. The van der Waals surface area contributed by atoms with Crippen molar-refractivity contribution in [1.82, 2.24) is 0 Å². The van der Waals surface area contributed by atoms with Gasteiger partial charge < -0.3 is 25.5 Å². The second kappa shape index (κ2) is 8.08. The minimum atomic E-state index is -1.14. The second-order valence-corrected chi connectivity index (χ2v) is 4.27. The van der Waals surface area contributed by atoms with E-state index in [1.54, 1.807) is 12.1 Å². The van der Waals surface area contributed by atoms with Crippen LogP contribution in [0.5, 0.6) is 17.2 Å². The van der Waals surface area contributed by atoms with Crippen LogP contribution in [0.15, 0.2) is 48.5 Å². The van der Waals surface area contributed by atoms with Crippen LogP contribution in [0, 0.1) is 0 Å². The Balaban J connectivity index is 0.000000231. The van der Waals surface area contributed by atoms with Gasteiger partial charge in [0.2, 0.25) is 0 Å². The zero-order valence-corrected chi connectivity index (χ0v) is 11.7. The standard InChI is InChI=1S/C9H8O3.C7H6O4/c10-8-4-1-7(2-5-8)3-6-9(11)12;8-5-2-1-4(7(10)11)3-6(5)9/h1-6,10H,(H,11,12);1-3,8-9H,(H,10,11)/b6-3+;. The maximum atomic E-state index is 10.3. The van der Waals surface area contributed by atoms with E-state index in [-0.39, 0.29) is 17.1 Å². The molecule has 5 N–H and O–H groups in total. The highest BCUT2D eigenvalue weighted by Gasteiger charge is 2.05. The van der Waals surface area contributed by atoms with Crippen LogP contribution in [0.25, 0.3) is 6.08 Å². The van der Waals surface area contributed by atoms with Crippen molar-refractivity contribution < 1.29 is 35.1 Å². The van der Waals surface area contributed by atoms with E-state index in [2.05, 4.69) is 0 Å². The van der Waals surface area contributed by atoms with Gasteiger partial charge in [-0.05, 0) is 42.0 Å². The number of aliphatic carboxylic acids is 1. The topological polar surface area (TPSA) is 135 Å². The quantitative estimate of drug-likeness (QED) is 0.432. The minimum Gasteiger partial charge on any atom is -0.508 e. The number of carboxylic acid groups (broad SMARTS) is 2. The Morgan fingerprint density at radius 2 is 1.43 bits per heavy atom. The normalized spacial score (nSPS) is 9.91. The van der Waals surface area contributed by atoms with Crippen molar-refractivity contribution in [3.63, 3.8) is 0 Å². The molecule has 2 aromatic carbocycles. The van der Waals surface area contributed by atoms with E-state index in [9.17, 15) is 9.59 Å². The molecule has 0 saturated heterocycles. The fourth-order valence-electron chi connectivity index (χ4n) is 1.41. The van der Waals surface area contributed by atoms with Crippen LogP contribution < -0.4 is 0 Å². The van der Waals surface area contributed by atoms with Crippen molar-refractivity contribution in [2.24, 2.45) is 0 Å². The van der Waals surface area contributed by atoms with Crippen molar-refractivity contribution in [2.75, 3.05) is 0 Å². The van der Waals surface area contributed by atoms with Crippen LogP contribution >= 0.6 is 0 Å². The lowest BCUT2D eigenvalue weighted by Gasteiger charge is -1.97. The van der Waals surface area contributed by atoms with Gasteiger partial charge in [-0.3, -0.25) is 0 Å². The number of hydrogen-bond donors (Lipinski definition) is 5. The Kier molecular flexibility index (Phi) is 6.17. The summed E-state index contributed by atoms with van der Waals surface area (Å²) in [6.45, 7) is 0. The summed E-state index contributed by atoms with van der Waals surface area (Å²) in [5, 5.41) is 43.2. The Morgan fingerprint density at radius 3 is 1.91 bits per heavy atom. The molecule has 23 heavy (non-hydrogen) atoms. The number of phenolic OH excluding ortho intramolecular Hbond substituents is 3. The lowest BCUT2D eigenvalue weighted by molar-refractivity contribution is -0.131. The molecule has 0 unspecified atom stereocenters. The first-order chi connectivity index (χ1) is 10.8. The fourth-order valence-corrected chi connectivity index (χ4v) is 1.41. The molecule has 7 heteroatoms. The predicted octanol–water partition coefficient (Wildman–Crippen LogP) is 2.29. The summed E-state index contributed by atoms with van der Waals surface area (Å²) in [7, 11) is 0. The van der Waals surface area contributed by atoms with E-state index >= 15 is 0 Å². The van der Waals surface area contributed by atoms with Crippen LogP contribution in [0.2, 0.25) is 0 Å². The summed E-state index contributed by atoms with van der Waals surface area (Å²) in [4.78, 5) is 20.4. The van der Waals surface area contributed by atoms with E-state index in [1.807, 2.05) is 0 Å². The van der Waals surface area contributed by atoms with E-state index in [0.717, 1.165) is 23.8 Å². The zero-order valence-electron chi connectivity index (χ0n) is 11.7. The van der Waals surface area contributed by atoms with Crippen LogP contribution in [-0.2, 0) is 4.79 Å². The lowest BCUT2D eigenvalue weighted by atomic mass is 10.2. The molecule has 0 radical (unpaired) electrons. The molecule has 0 atom stereocenters. The van der Waals surface area contributed by atoms with Gasteiger partial charge in [-0.25, -0.2) is 9.59 Å². The van der Waals surface area contributed by atoms with Crippen LogP contribution in [0.3, 0.4) is 0 Å². The van der Waals surface area contributed by atoms with E-state index in [0.29, 0.717) is 0 Å². The molecule has 0 aliphatic heterocycles. The van der Waals surface area contributed by atoms with Crippen molar-refractivity contribution >= 4 is 18.0 Å². The van der Waals surface area contributed by atoms with Gasteiger partial charge in [0, 0.05) is 6.08 Å². The zero-order chi connectivity index (χ0) is 17.4. The number of phenols is 3. The van der Waals surface area contributed by atoms with Gasteiger partial charge in [0.05, 0.1) is 5.56 Å². The molecule has 0 heterocycles. The molecule has 0 aromatic heterocycles. The first-order valence-corrected chi connectivity index (χ1v) is 6.25. The number of benzene rings is 2. The lowest BCUT2D eigenvalue weighted by Crippen LogP contribution is -1.94. The highest BCUT2D eigenvalue weighted by molar-refractivity contribution is 5.88. The molecule has 7 nitrogen and oxygen atoms in total. The summed E-state index contributed by atoms with van der Waals surface area (Å²) in [6, 6.07) is 9.58.